The minimum Gasteiger partial charge on any atom is -0.493 e. The first-order valence-electron chi connectivity index (χ1n) is 7.02. The first kappa shape index (κ1) is 16.0. The number of nitrogens with one attached hydrogen (secondary N) is 1. The third-order valence-corrected chi connectivity index (χ3v) is 3.38. The highest BCUT2D eigenvalue weighted by Gasteiger charge is 2.10. The molecule has 3 nitrogen and oxygen atoms in total. The van der Waals surface area contributed by atoms with Crippen LogP contribution in [0.5, 0.6) is 5.75 Å². The highest BCUT2D eigenvalue weighted by atomic mass is 16.5. The summed E-state index contributed by atoms with van der Waals surface area (Å²) in [7, 11) is 0. The van der Waals surface area contributed by atoms with Crippen LogP contribution in [0.3, 0.4) is 0 Å². The van der Waals surface area contributed by atoms with Crippen molar-refractivity contribution in [3.63, 3.8) is 0 Å². The standard InChI is InChI=1S/C16H27NO2/c1-11(2)17-15(10-18)8-9-19-16-13(4)7-6-12(3)14(16)5/h6-7,11,15,17-18H,8-10H2,1-5H3. The number of benzene rings is 1. The zero-order valence-corrected chi connectivity index (χ0v) is 12.8. The Morgan fingerprint density at radius 1 is 1.16 bits per heavy atom. The normalized spacial score (nSPS) is 12.8. The van der Waals surface area contributed by atoms with Gasteiger partial charge in [0.1, 0.15) is 5.75 Å². The van der Waals surface area contributed by atoms with Gasteiger partial charge in [-0.3, -0.25) is 0 Å². The number of ether oxygens (including phenoxy) is 1. The van der Waals surface area contributed by atoms with E-state index in [2.05, 4.69) is 52.1 Å². The van der Waals surface area contributed by atoms with Crippen LogP contribution in [0.2, 0.25) is 0 Å². The molecule has 2 N–H and O–H groups in total. The largest absolute Gasteiger partial charge is 0.493 e. The Balaban J connectivity index is 2.55. The van der Waals surface area contributed by atoms with Crippen LogP contribution in [0.15, 0.2) is 12.1 Å². The Morgan fingerprint density at radius 2 is 1.79 bits per heavy atom. The number of aliphatic hydroxyl groups is 1. The van der Waals surface area contributed by atoms with Gasteiger partial charge in [-0.05, 0) is 43.9 Å². The minimum absolute atomic E-state index is 0.102. The number of hydrogen-bond donors (Lipinski definition) is 2. The van der Waals surface area contributed by atoms with E-state index in [1.165, 1.54) is 16.7 Å². The number of aryl methyl sites for hydroxylation is 2. The second-order valence-corrected chi connectivity index (χ2v) is 5.49. The molecule has 0 aliphatic heterocycles. The number of hydrogen-bond acceptors (Lipinski definition) is 3. The number of aliphatic hydroxyl groups excluding tert-OH is 1. The predicted molar refractivity (Wildman–Crippen MR) is 79.9 cm³/mol. The molecule has 0 radical (unpaired) electrons. The molecule has 0 spiro atoms. The second-order valence-electron chi connectivity index (χ2n) is 5.49. The van der Waals surface area contributed by atoms with Crippen molar-refractivity contribution in [1.82, 2.24) is 5.32 Å². The van der Waals surface area contributed by atoms with Gasteiger partial charge in [-0.15, -0.1) is 0 Å². The Hall–Kier alpha value is -1.06. The molecular formula is C16H27NO2. The molecule has 1 unspecified atom stereocenters. The van der Waals surface area contributed by atoms with Gasteiger partial charge in [0.15, 0.2) is 0 Å². The van der Waals surface area contributed by atoms with Crippen LogP contribution in [0.4, 0.5) is 0 Å². The fourth-order valence-corrected chi connectivity index (χ4v) is 2.15. The lowest BCUT2D eigenvalue weighted by Gasteiger charge is -2.20. The third-order valence-electron chi connectivity index (χ3n) is 3.38. The molecular weight excluding hydrogens is 238 g/mol. The van der Waals surface area contributed by atoms with Crippen molar-refractivity contribution in [1.29, 1.82) is 0 Å². The van der Waals surface area contributed by atoms with Gasteiger partial charge >= 0.3 is 0 Å². The summed E-state index contributed by atoms with van der Waals surface area (Å²) < 4.78 is 5.91. The molecule has 0 saturated carbocycles. The summed E-state index contributed by atoms with van der Waals surface area (Å²) in [4.78, 5) is 0. The molecule has 0 saturated heterocycles. The van der Waals surface area contributed by atoms with Crippen molar-refractivity contribution in [2.45, 2.75) is 53.1 Å². The summed E-state index contributed by atoms with van der Waals surface area (Å²) in [6.45, 7) is 11.2. The zero-order valence-electron chi connectivity index (χ0n) is 12.8. The van der Waals surface area contributed by atoms with E-state index >= 15 is 0 Å². The molecule has 0 amide bonds. The fraction of sp³-hybridized carbons (Fsp3) is 0.625. The van der Waals surface area contributed by atoms with Crippen molar-refractivity contribution >= 4 is 0 Å². The van der Waals surface area contributed by atoms with Crippen molar-refractivity contribution in [2.24, 2.45) is 0 Å². The first-order chi connectivity index (χ1) is 8.95. The zero-order chi connectivity index (χ0) is 14.4. The molecule has 0 aliphatic carbocycles. The van der Waals surface area contributed by atoms with Crippen LogP contribution in [0, 0.1) is 20.8 Å². The Kier molecular flexibility index (Phi) is 6.32. The van der Waals surface area contributed by atoms with E-state index in [4.69, 9.17) is 4.74 Å². The van der Waals surface area contributed by atoms with Crippen molar-refractivity contribution in [3.8, 4) is 5.75 Å². The van der Waals surface area contributed by atoms with E-state index in [0.717, 1.165) is 12.2 Å². The Labute approximate surface area is 117 Å². The van der Waals surface area contributed by atoms with E-state index in [1.807, 2.05) is 0 Å². The maximum Gasteiger partial charge on any atom is 0.125 e. The van der Waals surface area contributed by atoms with E-state index in [0.29, 0.717) is 12.6 Å². The molecule has 0 aromatic heterocycles. The molecule has 3 heteroatoms. The van der Waals surface area contributed by atoms with Crippen LogP contribution in [0.1, 0.15) is 37.0 Å². The van der Waals surface area contributed by atoms with Crippen molar-refractivity contribution < 1.29 is 9.84 Å². The molecule has 0 heterocycles. The summed E-state index contributed by atoms with van der Waals surface area (Å²) in [5, 5.41) is 12.6. The van der Waals surface area contributed by atoms with Gasteiger partial charge < -0.3 is 15.2 Å². The van der Waals surface area contributed by atoms with Crippen molar-refractivity contribution in [2.75, 3.05) is 13.2 Å². The van der Waals surface area contributed by atoms with Gasteiger partial charge in [0, 0.05) is 12.1 Å². The SMILES string of the molecule is Cc1ccc(C)c(OCCC(CO)NC(C)C)c1C. The second kappa shape index (κ2) is 7.51. The third kappa shape index (κ3) is 4.84. The lowest BCUT2D eigenvalue weighted by molar-refractivity contribution is 0.201. The maximum absolute atomic E-state index is 9.31. The Morgan fingerprint density at radius 3 is 2.37 bits per heavy atom. The molecule has 1 aromatic rings. The van der Waals surface area contributed by atoms with E-state index < -0.39 is 0 Å². The van der Waals surface area contributed by atoms with Crippen LogP contribution >= 0.6 is 0 Å². The van der Waals surface area contributed by atoms with Gasteiger partial charge in [0.05, 0.1) is 13.2 Å². The molecule has 1 atom stereocenters. The number of rotatable bonds is 7. The van der Waals surface area contributed by atoms with Crippen LogP contribution in [0.25, 0.3) is 0 Å². The topological polar surface area (TPSA) is 41.5 Å². The summed E-state index contributed by atoms with van der Waals surface area (Å²) in [5.74, 6) is 0.987. The molecule has 1 rings (SSSR count). The van der Waals surface area contributed by atoms with E-state index in [-0.39, 0.29) is 12.6 Å². The molecule has 19 heavy (non-hydrogen) atoms. The van der Waals surface area contributed by atoms with Gasteiger partial charge in [-0.2, -0.15) is 0 Å². The smallest absolute Gasteiger partial charge is 0.125 e. The van der Waals surface area contributed by atoms with Gasteiger partial charge in [0.2, 0.25) is 0 Å². The molecule has 0 bridgehead atoms. The highest BCUT2D eigenvalue weighted by Crippen LogP contribution is 2.25. The van der Waals surface area contributed by atoms with Crippen LogP contribution in [-0.2, 0) is 0 Å². The van der Waals surface area contributed by atoms with Crippen LogP contribution in [-0.4, -0.2) is 30.4 Å². The average molecular weight is 265 g/mol. The highest BCUT2D eigenvalue weighted by molar-refractivity contribution is 5.44. The van der Waals surface area contributed by atoms with Gasteiger partial charge in [-0.25, -0.2) is 0 Å². The molecule has 1 aromatic carbocycles. The van der Waals surface area contributed by atoms with Crippen LogP contribution < -0.4 is 10.1 Å². The fourth-order valence-electron chi connectivity index (χ4n) is 2.15. The molecule has 0 aliphatic rings. The maximum atomic E-state index is 9.31. The minimum atomic E-state index is 0.102. The van der Waals surface area contributed by atoms with Crippen molar-refractivity contribution in [3.05, 3.63) is 28.8 Å². The first-order valence-corrected chi connectivity index (χ1v) is 7.02. The summed E-state index contributed by atoms with van der Waals surface area (Å²) in [6.07, 6.45) is 0.807. The van der Waals surface area contributed by atoms with Gasteiger partial charge in [-0.1, -0.05) is 26.0 Å². The molecule has 0 fully saturated rings. The predicted octanol–water partition coefficient (Wildman–Crippen LogP) is 2.74. The lowest BCUT2D eigenvalue weighted by atomic mass is 10.1. The summed E-state index contributed by atoms with van der Waals surface area (Å²) in [5.41, 5.74) is 3.62. The summed E-state index contributed by atoms with van der Waals surface area (Å²) in [6, 6.07) is 4.69. The monoisotopic (exact) mass is 265 g/mol. The Bertz CT molecular complexity index is 402. The van der Waals surface area contributed by atoms with E-state index in [1.54, 1.807) is 0 Å². The average Bonchev–Trinajstić information content (AvgIpc) is 2.36. The van der Waals surface area contributed by atoms with E-state index in [9.17, 15) is 5.11 Å². The summed E-state index contributed by atoms with van der Waals surface area (Å²) >= 11 is 0. The molecule has 108 valence electrons. The van der Waals surface area contributed by atoms with Gasteiger partial charge in [0.25, 0.3) is 0 Å². The lowest BCUT2D eigenvalue weighted by Crippen LogP contribution is -2.38. The quantitative estimate of drug-likeness (QED) is 0.796.